The summed E-state index contributed by atoms with van der Waals surface area (Å²) in [6.07, 6.45) is 0.640. The van der Waals surface area contributed by atoms with E-state index in [4.69, 9.17) is 9.63 Å². The van der Waals surface area contributed by atoms with Crippen molar-refractivity contribution in [2.24, 2.45) is 0 Å². The Hall–Kier alpha value is 0.175. The van der Waals surface area contributed by atoms with Crippen molar-refractivity contribution < 1.29 is 18.7 Å². The molecule has 0 aromatic carbocycles. The maximum atomic E-state index is 10.9. The first-order valence-electron chi connectivity index (χ1n) is 3.66. The first-order valence-corrected chi connectivity index (χ1v) is 5.42. The highest BCUT2D eigenvalue weighted by Gasteiger charge is 2.17. The molecule has 0 rings (SSSR count). The zero-order valence-electron chi connectivity index (χ0n) is 6.95. The molecule has 0 aromatic rings. The second kappa shape index (κ2) is 5.78. The van der Waals surface area contributed by atoms with Crippen LogP contribution in [0.25, 0.3) is 0 Å². The standard InChI is InChI=1S/C5H14BO4P/c1-2-10-11(7,8)5-9-4-3-6/h2-6H2,1H3,(H,7,8). The van der Waals surface area contributed by atoms with Gasteiger partial charge in [-0.25, -0.2) is 0 Å². The van der Waals surface area contributed by atoms with Crippen molar-refractivity contribution in [1.82, 2.24) is 0 Å². The monoisotopic (exact) mass is 180 g/mol. The average Bonchev–Trinajstić information content (AvgIpc) is 1.87. The third-order valence-corrected chi connectivity index (χ3v) is 2.10. The molecule has 11 heavy (non-hydrogen) atoms. The van der Waals surface area contributed by atoms with E-state index in [0.717, 1.165) is 6.32 Å². The van der Waals surface area contributed by atoms with E-state index >= 15 is 0 Å². The largest absolute Gasteiger partial charge is 0.370 e. The zero-order valence-corrected chi connectivity index (χ0v) is 7.84. The molecule has 1 atom stereocenters. The lowest BCUT2D eigenvalue weighted by molar-refractivity contribution is 0.157. The molecule has 0 heterocycles. The van der Waals surface area contributed by atoms with Gasteiger partial charge in [0.15, 0.2) is 0 Å². The molecule has 0 amide bonds. The molecule has 66 valence electrons. The van der Waals surface area contributed by atoms with Crippen molar-refractivity contribution in [3.8, 4) is 0 Å². The highest BCUT2D eigenvalue weighted by atomic mass is 31.2. The van der Waals surface area contributed by atoms with Crippen LogP contribution in [0.15, 0.2) is 0 Å². The molecule has 0 saturated heterocycles. The average molecular weight is 180 g/mol. The van der Waals surface area contributed by atoms with Crippen LogP contribution in [0.3, 0.4) is 0 Å². The fourth-order valence-corrected chi connectivity index (χ4v) is 1.40. The van der Waals surface area contributed by atoms with Gasteiger partial charge in [-0.3, -0.25) is 4.57 Å². The SMILES string of the molecule is BCCOCP(=O)(O)OCC. The minimum atomic E-state index is -3.44. The van der Waals surface area contributed by atoms with E-state index < -0.39 is 7.60 Å². The van der Waals surface area contributed by atoms with E-state index in [1.54, 1.807) is 6.92 Å². The summed E-state index contributed by atoms with van der Waals surface area (Å²) in [4.78, 5) is 8.95. The predicted octanol–water partition coefficient (Wildman–Crippen LogP) is 0.234. The van der Waals surface area contributed by atoms with Crippen molar-refractivity contribution in [2.45, 2.75) is 13.2 Å². The molecule has 0 saturated carbocycles. The third kappa shape index (κ3) is 6.57. The van der Waals surface area contributed by atoms with Crippen molar-refractivity contribution in [3.63, 3.8) is 0 Å². The first kappa shape index (κ1) is 11.2. The fraction of sp³-hybridized carbons (Fsp3) is 1.00. The summed E-state index contributed by atoms with van der Waals surface area (Å²) in [7, 11) is -1.51. The molecule has 1 unspecified atom stereocenters. The third-order valence-electron chi connectivity index (χ3n) is 0.934. The van der Waals surface area contributed by atoms with Gasteiger partial charge < -0.3 is 14.2 Å². The van der Waals surface area contributed by atoms with Gasteiger partial charge in [0.05, 0.1) is 6.61 Å². The van der Waals surface area contributed by atoms with E-state index in [1.807, 2.05) is 7.85 Å². The van der Waals surface area contributed by atoms with Gasteiger partial charge in [-0.1, -0.05) is 6.32 Å². The van der Waals surface area contributed by atoms with Crippen LogP contribution in [-0.2, 0) is 13.8 Å². The van der Waals surface area contributed by atoms with Gasteiger partial charge in [-0.05, 0) is 6.92 Å². The minimum Gasteiger partial charge on any atom is -0.370 e. The summed E-state index contributed by atoms with van der Waals surface area (Å²) < 4.78 is 20.3. The Bertz CT molecular complexity index is 140. The lowest BCUT2D eigenvalue weighted by Gasteiger charge is -2.09. The molecule has 4 nitrogen and oxygen atoms in total. The molecule has 0 spiro atoms. The van der Waals surface area contributed by atoms with Gasteiger partial charge in [0.1, 0.15) is 14.2 Å². The van der Waals surface area contributed by atoms with E-state index in [0.29, 0.717) is 6.61 Å². The van der Waals surface area contributed by atoms with Crippen LogP contribution in [-0.4, -0.2) is 32.3 Å². The van der Waals surface area contributed by atoms with Gasteiger partial charge in [0.2, 0.25) is 0 Å². The molecule has 0 fully saturated rings. The lowest BCUT2D eigenvalue weighted by Crippen LogP contribution is -2.00. The van der Waals surface area contributed by atoms with Crippen molar-refractivity contribution >= 4 is 15.4 Å². The van der Waals surface area contributed by atoms with Crippen molar-refractivity contribution in [3.05, 3.63) is 0 Å². The zero-order chi connectivity index (χ0) is 8.74. The molecular formula is C5H14BO4P. The topological polar surface area (TPSA) is 55.8 Å². The normalized spacial score (nSPS) is 16.2. The molecule has 0 aliphatic rings. The molecule has 0 aromatic heterocycles. The number of ether oxygens (including phenoxy) is 1. The molecule has 0 aliphatic carbocycles. The number of hydrogen-bond acceptors (Lipinski definition) is 3. The molecule has 0 bridgehead atoms. The van der Waals surface area contributed by atoms with Gasteiger partial charge in [-0.15, -0.1) is 0 Å². The predicted molar refractivity (Wildman–Crippen MR) is 45.6 cm³/mol. The molecule has 0 radical (unpaired) electrons. The van der Waals surface area contributed by atoms with E-state index in [2.05, 4.69) is 4.52 Å². The molecule has 0 aliphatic heterocycles. The van der Waals surface area contributed by atoms with E-state index in [1.165, 1.54) is 0 Å². The summed E-state index contributed by atoms with van der Waals surface area (Å²) in [6, 6.07) is 0. The smallest absolute Gasteiger partial charge is 0.353 e. The van der Waals surface area contributed by atoms with Crippen LogP contribution in [0, 0.1) is 0 Å². The Morgan fingerprint density at radius 1 is 1.64 bits per heavy atom. The quantitative estimate of drug-likeness (QED) is 0.361. The number of hydrogen-bond donors (Lipinski definition) is 1. The Kier molecular flexibility index (Phi) is 5.87. The lowest BCUT2D eigenvalue weighted by atomic mass is 10.1. The highest BCUT2D eigenvalue weighted by Crippen LogP contribution is 2.41. The summed E-state index contributed by atoms with van der Waals surface area (Å²) in [5.41, 5.74) is 0. The molecule has 6 heteroatoms. The van der Waals surface area contributed by atoms with Gasteiger partial charge in [0.25, 0.3) is 0 Å². The number of rotatable bonds is 6. The summed E-state index contributed by atoms with van der Waals surface area (Å²) in [5.74, 6) is 0. The second-order valence-corrected chi connectivity index (χ2v) is 3.88. The minimum absolute atomic E-state index is 0.200. The Morgan fingerprint density at radius 2 is 2.27 bits per heavy atom. The van der Waals surface area contributed by atoms with Crippen LogP contribution in [0.4, 0.5) is 0 Å². The van der Waals surface area contributed by atoms with Crippen LogP contribution in [0.1, 0.15) is 6.92 Å². The van der Waals surface area contributed by atoms with Crippen LogP contribution >= 0.6 is 7.60 Å². The highest BCUT2D eigenvalue weighted by molar-refractivity contribution is 7.52. The maximum absolute atomic E-state index is 10.9. The summed E-state index contributed by atoms with van der Waals surface area (Å²) in [6.45, 7) is 2.41. The van der Waals surface area contributed by atoms with Crippen molar-refractivity contribution in [2.75, 3.05) is 19.6 Å². The van der Waals surface area contributed by atoms with Gasteiger partial charge in [0, 0.05) is 6.61 Å². The Balaban J connectivity index is 3.47. The molecular weight excluding hydrogens is 166 g/mol. The first-order chi connectivity index (χ1) is 5.12. The summed E-state index contributed by atoms with van der Waals surface area (Å²) >= 11 is 0. The van der Waals surface area contributed by atoms with E-state index in [9.17, 15) is 4.57 Å². The van der Waals surface area contributed by atoms with Crippen LogP contribution < -0.4 is 0 Å². The maximum Gasteiger partial charge on any atom is 0.353 e. The molecule has 1 N–H and O–H groups in total. The van der Waals surface area contributed by atoms with Crippen LogP contribution in [0.5, 0.6) is 0 Å². The summed E-state index contributed by atoms with van der Waals surface area (Å²) in [5, 5.41) is 0. The van der Waals surface area contributed by atoms with E-state index in [-0.39, 0.29) is 13.0 Å². The Labute approximate surface area is 67.8 Å². The Morgan fingerprint density at radius 3 is 2.73 bits per heavy atom. The van der Waals surface area contributed by atoms with Crippen molar-refractivity contribution in [1.29, 1.82) is 0 Å². The van der Waals surface area contributed by atoms with Crippen LogP contribution in [0.2, 0.25) is 6.32 Å². The van der Waals surface area contributed by atoms with Gasteiger partial charge in [-0.2, -0.15) is 0 Å². The van der Waals surface area contributed by atoms with Gasteiger partial charge >= 0.3 is 7.60 Å². The fourth-order valence-electron chi connectivity index (χ4n) is 0.563. The second-order valence-electron chi connectivity index (χ2n) is 2.09.